The summed E-state index contributed by atoms with van der Waals surface area (Å²) in [7, 11) is 0. The van der Waals surface area contributed by atoms with E-state index in [4.69, 9.17) is 10.00 Å². The van der Waals surface area contributed by atoms with Crippen LogP contribution in [0.2, 0.25) is 0 Å². The predicted molar refractivity (Wildman–Crippen MR) is 65.3 cm³/mol. The smallest absolute Gasteiger partial charge is 0.158 e. The van der Waals surface area contributed by atoms with Crippen LogP contribution in [0.1, 0.15) is 37.3 Å². The molecule has 0 spiro atoms. The summed E-state index contributed by atoms with van der Waals surface area (Å²) in [5, 5.41) is 8.63. The number of Topliss-reactive ketones (excluding diaryl/α,β-unsaturated/α-hetero) is 1. The first-order valence-electron chi connectivity index (χ1n) is 5.84. The lowest BCUT2D eigenvalue weighted by molar-refractivity contribution is -0.124. The van der Waals surface area contributed by atoms with Crippen molar-refractivity contribution >= 4 is 5.78 Å². The van der Waals surface area contributed by atoms with Crippen molar-refractivity contribution < 1.29 is 9.53 Å². The number of benzene rings is 1. The van der Waals surface area contributed by atoms with Gasteiger partial charge < -0.3 is 4.74 Å². The fraction of sp³-hybridized carbons (Fsp3) is 0.429. The van der Waals surface area contributed by atoms with Crippen LogP contribution in [-0.2, 0) is 16.1 Å². The number of hydrogen-bond donors (Lipinski definition) is 0. The Bertz CT molecular complexity index is 390. The zero-order valence-electron chi connectivity index (χ0n) is 10.1. The zero-order chi connectivity index (χ0) is 12.5. The molecule has 0 atom stereocenters. The highest BCUT2D eigenvalue weighted by molar-refractivity contribution is 5.79. The van der Waals surface area contributed by atoms with Gasteiger partial charge in [0, 0.05) is 6.42 Å². The molecule has 17 heavy (non-hydrogen) atoms. The van der Waals surface area contributed by atoms with Gasteiger partial charge in [0.15, 0.2) is 5.78 Å². The topological polar surface area (TPSA) is 50.1 Å². The lowest BCUT2D eigenvalue weighted by Gasteiger charge is -2.03. The highest BCUT2D eigenvalue weighted by Crippen LogP contribution is 2.05. The summed E-state index contributed by atoms with van der Waals surface area (Å²) in [6.07, 6.45) is 2.56. The molecule has 0 unspecified atom stereocenters. The van der Waals surface area contributed by atoms with E-state index in [-0.39, 0.29) is 12.4 Å². The van der Waals surface area contributed by atoms with Crippen molar-refractivity contribution in [1.29, 1.82) is 5.26 Å². The third-order valence-corrected chi connectivity index (χ3v) is 2.42. The average molecular weight is 231 g/mol. The summed E-state index contributed by atoms with van der Waals surface area (Å²) >= 11 is 0. The monoisotopic (exact) mass is 231 g/mol. The molecule has 0 aromatic heterocycles. The highest BCUT2D eigenvalue weighted by atomic mass is 16.5. The Hall–Kier alpha value is -1.66. The van der Waals surface area contributed by atoms with E-state index in [1.165, 1.54) is 0 Å². The molecule has 0 bridgehead atoms. The normalized spacial score (nSPS) is 9.88. The second-order valence-corrected chi connectivity index (χ2v) is 3.94. The van der Waals surface area contributed by atoms with Crippen LogP contribution >= 0.6 is 0 Å². The molecule has 0 N–H and O–H groups in total. The molecule has 1 aromatic rings. The van der Waals surface area contributed by atoms with E-state index >= 15 is 0 Å². The molecule has 90 valence electrons. The van der Waals surface area contributed by atoms with E-state index in [2.05, 4.69) is 13.0 Å². The summed E-state index contributed by atoms with van der Waals surface area (Å²) in [6.45, 7) is 2.66. The second-order valence-electron chi connectivity index (χ2n) is 3.94. The van der Waals surface area contributed by atoms with Crippen molar-refractivity contribution in [1.82, 2.24) is 0 Å². The molecular formula is C14H17NO2. The summed E-state index contributed by atoms with van der Waals surface area (Å²) in [6, 6.07) is 9.24. The molecular weight excluding hydrogens is 214 g/mol. The van der Waals surface area contributed by atoms with Gasteiger partial charge in [0.25, 0.3) is 0 Å². The number of carbonyl (C=O) groups is 1. The van der Waals surface area contributed by atoms with Crippen LogP contribution in [0.5, 0.6) is 0 Å². The maximum absolute atomic E-state index is 11.3. The van der Waals surface area contributed by atoms with Crippen LogP contribution in [0.3, 0.4) is 0 Å². The van der Waals surface area contributed by atoms with Crippen molar-refractivity contribution in [2.24, 2.45) is 0 Å². The molecule has 0 fully saturated rings. The maximum atomic E-state index is 11.3. The SMILES string of the molecule is CCCCC(=O)COCc1ccc(C#N)cc1. The molecule has 0 amide bonds. The Morgan fingerprint density at radius 1 is 1.35 bits per heavy atom. The highest BCUT2D eigenvalue weighted by Gasteiger charge is 2.01. The van der Waals surface area contributed by atoms with Crippen LogP contribution in [0.25, 0.3) is 0 Å². The molecule has 0 saturated heterocycles. The van der Waals surface area contributed by atoms with Gasteiger partial charge in [-0.1, -0.05) is 25.5 Å². The van der Waals surface area contributed by atoms with E-state index in [0.29, 0.717) is 18.6 Å². The minimum absolute atomic E-state index is 0.153. The summed E-state index contributed by atoms with van der Waals surface area (Å²) in [5.74, 6) is 0.153. The fourth-order valence-corrected chi connectivity index (χ4v) is 1.40. The van der Waals surface area contributed by atoms with Crippen molar-refractivity contribution in [3.63, 3.8) is 0 Å². The van der Waals surface area contributed by atoms with Gasteiger partial charge in [-0.2, -0.15) is 5.26 Å². The molecule has 0 aliphatic heterocycles. The second kappa shape index (κ2) is 7.59. The first-order valence-corrected chi connectivity index (χ1v) is 5.84. The first kappa shape index (κ1) is 13.4. The van der Waals surface area contributed by atoms with Crippen LogP contribution in [0.4, 0.5) is 0 Å². The number of ether oxygens (including phenoxy) is 1. The average Bonchev–Trinajstić information content (AvgIpc) is 2.37. The molecule has 0 saturated carbocycles. The number of hydrogen-bond acceptors (Lipinski definition) is 3. The molecule has 3 heteroatoms. The van der Waals surface area contributed by atoms with Gasteiger partial charge in [-0.15, -0.1) is 0 Å². The Labute approximate surface area is 102 Å². The van der Waals surface area contributed by atoms with Gasteiger partial charge in [0.05, 0.1) is 18.2 Å². The Morgan fingerprint density at radius 3 is 2.65 bits per heavy atom. The van der Waals surface area contributed by atoms with E-state index in [0.717, 1.165) is 18.4 Å². The Morgan fingerprint density at radius 2 is 2.06 bits per heavy atom. The number of carbonyl (C=O) groups excluding carboxylic acids is 1. The molecule has 0 aliphatic carbocycles. The number of rotatable bonds is 7. The largest absolute Gasteiger partial charge is 0.369 e. The summed E-state index contributed by atoms with van der Waals surface area (Å²) in [5.41, 5.74) is 1.61. The predicted octanol–water partition coefficient (Wildman–Crippen LogP) is 2.83. The minimum atomic E-state index is 0.153. The van der Waals surface area contributed by atoms with Crippen molar-refractivity contribution in [2.45, 2.75) is 32.8 Å². The molecule has 1 rings (SSSR count). The van der Waals surface area contributed by atoms with Gasteiger partial charge >= 0.3 is 0 Å². The van der Waals surface area contributed by atoms with Crippen LogP contribution in [-0.4, -0.2) is 12.4 Å². The lowest BCUT2D eigenvalue weighted by atomic mass is 10.1. The minimum Gasteiger partial charge on any atom is -0.369 e. The third kappa shape index (κ3) is 5.28. The first-order chi connectivity index (χ1) is 8.26. The van der Waals surface area contributed by atoms with Gasteiger partial charge in [-0.3, -0.25) is 4.79 Å². The van der Waals surface area contributed by atoms with Gasteiger partial charge in [0.1, 0.15) is 6.61 Å². The van der Waals surface area contributed by atoms with Crippen molar-refractivity contribution in [3.05, 3.63) is 35.4 Å². The van der Waals surface area contributed by atoms with E-state index in [1.54, 1.807) is 12.1 Å². The van der Waals surface area contributed by atoms with E-state index in [9.17, 15) is 4.79 Å². The zero-order valence-corrected chi connectivity index (χ0v) is 10.1. The summed E-state index contributed by atoms with van der Waals surface area (Å²) in [4.78, 5) is 11.3. The standard InChI is InChI=1S/C14H17NO2/c1-2-3-4-14(16)11-17-10-13-7-5-12(9-15)6-8-13/h5-8H,2-4,10-11H2,1H3. The third-order valence-electron chi connectivity index (χ3n) is 2.42. The fourth-order valence-electron chi connectivity index (χ4n) is 1.40. The number of ketones is 1. The van der Waals surface area contributed by atoms with E-state index < -0.39 is 0 Å². The lowest BCUT2D eigenvalue weighted by Crippen LogP contribution is -2.08. The number of nitrogens with zero attached hydrogens (tertiary/aromatic N) is 1. The summed E-state index contributed by atoms with van der Waals surface area (Å²) < 4.78 is 5.32. The van der Waals surface area contributed by atoms with Gasteiger partial charge in [0.2, 0.25) is 0 Å². The number of nitriles is 1. The quantitative estimate of drug-likeness (QED) is 0.725. The molecule has 1 aromatic carbocycles. The van der Waals surface area contributed by atoms with E-state index in [1.807, 2.05) is 12.1 Å². The molecule has 3 nitrogen and oxygen atoms in total. The van der Waals surface area contributed by atoms with Crippen LogP contribution in [0, 0.1) is 11.3 Å². The van der Waals surface area contributed by atoms with Crippen LogP contribution < -0.4 is 0 Å². The maximum Gasteiger partial charge on any atom is 0.158 e. The van der Waals surface area contributed by atoms with Crippen LogP contribution in [0.15, 0.2) is 24.3 Å². The molecule has 0 aliphatic rings. The van der Waals surface area contributed by atoms with Crippen molar-refractivity contribution in [2.75, 3.05) is 6.61 Å². The van der Waals surface area contributed by atoms with Crippen molar-refractivity contribution in [3.8, 4) is 6.07 Å². The Kier molecular flexibility index (Phi) is 5.98. The number of unbranched alkanes of at least 4 members (excludes halogenated alkanes) is 1. The van der Waals surface area contributed by atoms with Gasteiger partial charge in [-0.05, 0) is 24.1 Å². The Balaban J connectivity index is 2.26. The van der Waals surface area contributed by atoms with Gasteiger partial charge in [-0.25, -0.2) is 0 Å². The molecule has 0 heterocycles. The molecule has 0 radical (unpaired) electrons.